The molecule has 3 rings (SSSR count). The zero-order chi connectivity index (χ0) is 18.0. The van der Waals surface area contributed by atoms with Crippen LogP contribution in [0.2, 0.25) is 0 Å². The van der Waals surface area contributed by atoms with E-state index in [2.05, 4.69) is 4.90 Å². The van der Waals surface area contributed by atoms with E-state index in [-0.39, 0.29) is 23.4 Å². The van der Waals surface area contributed by atoms with E-state index in [4.69, 9.17) is 4.74 Å². The molecule has 1 aromatic carbocycles. The second-order valence-corrected chi connectivity index (χ2v) is 7.12. The van der Waals surface area contributed by atoms with Crippen LogP contribution in [0.15, 0.2) is 18.2 Å². The average Bonchev–Trinajstić information content (AvgIpc) is 2.60. The molecule has 2 saturated heterocycles. The summed E-state index contributed by atoms with van der Waals surface area (Å²) in [6.07, 6.45) is 1.81. The Kier molecular flexibility index (Phi) is 5.39. The highest BCUT2D eigenvalue weighted by molar-refractivity contribution is 5.81. The fourth-order valence-electron chi connectivity index (χ4n) is 3.89. The van der Waals surface area contributed by atoms with Gasteiger partial charge >= 0.3 is 0 Å². The molecular formula is C19H26F2N2O2. The largest absolute Gasteiger partial charge is 0.360 e. The van der Waals surface area contributed by atoms with E-state index in [0.717, 1.165) is 32.0 Å². The number of likely N-dealkylation sites (N-methyl/N-ethyl adjacent to an activating group) is 1. The molecule has 0 aliphatic carbocycles. The number of morpholine rings is 1. The van der Waals surface area contributed by atoms with Crippen molar-refractivity contribution in [3.63, 3.8) is 0 Å². The summed E-state index contributed by atoms with van der Waals surface area (Å²) in [4.78, 5) is 16.2. The van der Waals surface area contributed by atoms with Gasteiger partial charge in [0.05, 0.1) is 5.60 Å². The van der Waals surface area contributed by atoms with Crippen LogP contribution in [0.3, 0.4) is 0 Å². The molecule has 0 radical (unpaired) electrons. The Morgan fingerprint density at radius 1 is 1.28 bits per heavy atom. The highest BCUT2D eigenvalue weighted by atomic mass is 19.1. The van der Waals surface area contributed by atoms with Crippen LogP contribution in [0.4, 0.5) is 8.78 Å². The lowest BCUT2D eigenvalue weighted by molar-refractivity contribution is -0.189. The predicted molar refractivity (Wildman–Crippen MR) is 91.3 cm³/mol. The molecule has 6 heteroatoms. The molecule has 0 aromatic heterocycles. The Morgan fingerprint density at radius 2 is 2.00 bits per heavy atom. The second-order valence-electron chi connectivity index (χ2n) is 7.12. The Balaban J connectivity index is 1.55. The quantitative estimate of drug-likeness (QED) is 0.835. The molecule has 2 heterocycles. The maximum absolute atomic E-state index is 13.7. The van der Waals surface area contributed by atoms with E-state index in [1.165, 1.54) is 12.1 Å². The Hall–Kier alpha value is -1.53. The van der Waals surface area contributed by atoms with Gasteiger partial charge in [0.2, 0.25) is 0 Å². The van der Waals surface area contributed by atoms with Crippen LogP contribution < -0.4 is 0 Å². The zero-order valence-corrected chi connectivity index (χ0v) is 14.9. The third kappa shape index (κ3) is 4.01. The van der Waals surface area contributed by atoms with Gasteiger partial charge in [0, 0.05) is 32.7 Å². The van der Waals surface area contributed by atoms with Gasteiger partial charge in [-0.15, -0.1) is 0 Å². The first-order valence-corrected chi connectivity index (χ1v) is 9.05. The summed E-state index contributed by atoms with van der Waals surface area (Å²) in [6, 6.07) is 3.60. The number of hydrogen-bond acceptors (Lipinski definition) is 3. The van der Waals surface area contributed by atoms with E-state index in [1.807, 2.05) is 18.7 Å². The molecule has 2 aliphatic rings. The molecule has 2 fully saturated rings. The van der Waals surface area contributed by atoms with E-state index >= 15 is 0 Å². The van der Waals surface area contributed by atoms with Crippen molar-refractivity contribution in [2.75, 3.05) is 32.7 Å². The fourth-order valence-corrected chi connectivity index (χ4v) is 3.89. The van der Waals surface area contributed by atoms with Crippen molar-refractivity contribution in [2.24, 2.45) is 0 Å². The van der Waals surface area contributed by atoms with Crippen LogP contribution in [0.25, 0.3) is 0 Å². The van der Waals surface area contributed by atoms with Crippen LogP contribution in [-0.2, 0) is 16.0 Å². The summed E-state index contributed by atoms with van der Waals surface area (Å²) >= 11 is 0. The van der Waals surface area contributed by atoms with Crippen LogP contribution >= 0.6 is 0 Å². The highest BCUT2D eigenvalue weighted by Crippen LogP contribution is 2.32. The lowest BCUT2D eigenvalue weighted by Gasteiger charge is -2.49. The second kappa shape index (κ2) is 7.38. The summed E-state index contributed by atoms with van der Waals surface area (Å²) in [7, 11) is 0. The van der Waals surface area contributed by atoms with Crippen molar-refractivity contribution in [1.29, 1.82) is 0 Å². The average molecular weight is 352 g/mol. The first-order chi connectivity index (χ1) is 11.9. The monoisotopic (exact) mass is 352 g/mol. The fraction of sp³-hybridized carbons (Fsp3) is 0.632. The van der Waals surface area contributed by atoms with Crippen LogP contribution in [0.1, 0.15) is 32.3 Å². The first kappa shape index (κ1) is 18.3. The lowest BCUT2D eigenvalue weighted by atomic mass is 9.88. The maximum Gasteiger partial charge on any atom is 0.251 e. The minimum absolute atomic E-state index is 0.0668. The van der Waals surface area contributed by atoms with Crippen molar-refractivity contribution in [2.45, 2.75) is 44.8 Å². The Bertz CT molecular complexity index is 630. The van der Waals surface area contributed by atoms with Crippen LogP contribution in [0, 0.1) is 11.6 Å². The van der Waals surface area contributed by atoms with Gasteiger partial charge in [-0.3, -0.25) is 4.79 Å². The summed E-state index contributed by atoms with van der Waals surface area (Å²) in [5, 5.41) is 0. The molecular weight excluding hydrogens is 326 g/mol. The van der Waals surface area contributed by atoms with Gasteiger partial charge in [-0.25, -0.2) is 8.78 Å². The minimum Gasteiger partial charge on any atom is -0.360 e. The van der Waals surface area contributed by atoms with E-state index in [0.29, 0.717) is 31.6 Å². The molecule has 2 aliphatic heterocycles. The molecule has 0 N–H and O–H groups in total. The van der Waals surface area contributed by atoms with E-state index < -0.39 is 5.82 Å². The predicted octanol–water partition coefficient (Wildman–Crippen LogP) is 2.61. The molecule has 1 amide bonds. The van der Waals surface area contributed by atoms with Gasteiger partial charge < -0.3 is 14.5 Å². The SMILES string of the molecule is CCN1CC2(CCN(CCc3cc(F)ccc3F)CC2)OC(C)C1=O. The number of carbonyl (C=O) groups excluding carboxylic acids is 1. The van der Waals surface area contributed by atoms with Gasteiger partial charge in [-0.05, 0) is 56.9 Å². The smallest absolute Gasteiger partial charge is 0.251 e. The number of carbonyl (C=O) groups is 1. The molecule has 1 aromatic rings. The number of hydrogen-bond donors (Lipinski definition) is 0. The number of amides is 1. The Morgan fingerprint density at radius 3 is 2.68 bits per heavy atom. The molecule has 1 atom stereocenters. The van der Waals surface area contributed by atoms with E-state index in [1.54, 1.807) is 0 Å². The third-order valence-corrected chi connectivity index (χ3v) is 5.42. The number of rotatable bonds is 4. The van der Waals surface area contributed by atoms with Gasteiger partial charge in [0.1, 0.15) is 17.7 Å². The molecule has 138 valence electrons. The van der Waals surface area contributed by atoms with Gasteiger partial charge in [0.25, 0.3) is 5.91 Å². The van der Waals surface area contributed by atoms with Gasteiger partial charge in [-0.1, -0.05) is 0 Å². The van der Waals surface area contributed by atoms with Crippen molar-refractivity contribution in [3.05, 3.63) is 35.4 Å². The normalized spacial score (nSPS) is 24.1. The summed E-state index contributed by atoms with van der Waals surface area (Å²) in [5.41, 5.74) is 0.162. The number of likely N-dealkylation sites (tertiary alicyclic amines) is 1. The molecule has 1 unspecified atom stereocenters. The molecule has 1 spiro atoms. The number of nitrogens with zero attached hydrogens (tertiary/aromatic N) is 2. The maximum atomic E-state index is 13.7. The highest BCUT2D eigenvalue weighted by Gasteiger charge is 2.44. The van der Waals surface area contributed by atoms with E-state index in [9.17, 15) is 13.6 Å². The van der Waals surface area contributed by atoms with Crippen molar-refractivity contribution in [3.8, 4) is 0 Å². The van der Waals surface area contributed by atoms with Crippen molar-refractivity contribution < 1.29 is 18.3 Å². The lowest BCUT2D eigenvalue weighted by Crippen LogP contribution is -2.61. The standard InChI is InChI=1S/C19H26F2N2O2/c1-3-23-13-19(25-14(2)18(23)24)7-10-22(11-8-19)9-6-15-12-16(20)4-5-17(15)21/h4-5,12,14H,3,6-11,13H2,1-2H3. The molecule has 0 saturated carbocycles. The first-order valence-electron chi connectivity index (χ1n) is 9.05. The zero-order valence-electron chi connectivity index (χ0n) is 14.9. The molecule has 25 heavy (non-hydrogen) atoms. The Labute approximate surface area is 147 Å². The molecule has 0 bridgehead atoms. The third-order valence-electron chi connectivity index (χ3n) is 5.42. The van der Waals surface area contributed by atoms with Gasteiger partial charge in [0.15, 0.2) is 0 Å². The topological polar surface area (TPSA) is 32.8 Å². The summed E-state index contributed by atoms with van der Waals surface area (Å²) in [6.45, 7) is 7.56. The van der Waals surface area contributed by atoms with Crippen molar-refractivity contribution in [1.82, 2.24) is 9.80 Å². The summed E-state index contributed by atoms with van der Waals surface area (Å²) < 4.78 is 33.1. The number of ether oxygens (including phenoxy) is 1. The number of piperidine rings is 1. The number of halogens is 2. The minimum atomic E-state index is -0.400. The van der Waals surface area contributed by atoms with Crippen LogP contribution in [-0.4, -0.2) is 60.1 Å². The van der Waals surface area contributed by atoms with Crippen LogP contribution in [0.5, 0.6) is 0 Å². The van der Waals surface area contributed by atoms with Crippen molar-refractivity contribution >= 4 is 5.91 Å². The molecule has 4 nitrogen and oxygen atoms in total. The number of benzene rings is 1. The van der Waals surface area contributed by atoms with Gasteiger partial charge in [-0.2, -0.15) is 0 Å². The summed E-state index contributed by atoms with van der Waals surface area (Å²) in [5.74, 6) is -0.684.